The smallest absolute Gasteiger partial charge is 0.282 e. The molecule has 0 aliphatic carbocycles. The van der Waals surface area contributed by atoms with Gasteiger partial charge in [-0.2, -0.15) is 17.0 Å². The summed E-state index contributed by atoms with van der Waals surface area (Å²) in [6.45, 7) is 4.15. The van der Waals surface area contributed by atoms with E-state index in [0.717, 1.165) is 44.9 Å². The highest BCUT2D eigenvalue weighted by molar-refractivity contribution is 7.86. The molecule has 0 aromatic heterocycles. The van der Waals surface area contributed by atoms with Gasteiger partial charge in [0.05, 0.1) is 0 Å². The van der Waals surface area contributed by atoms with Crippen LogP contribution in [0.5, 0.6) is 0 Å². The van der Waals surface area contributed by atoms with E-state index < -0.39 is 10.2 Å². The van der Waals surface area contributed by atoms with Crippen molar-refractivity contribution in [2.45, 2.75) is 64.0 Å². The Bertz CT molecular complexity index is 391. The third-order valence-corrected chi connectivity index (χ3v) is 6.78. The summed E-state index contributed by atoms with van der Waals surface area (Å²) in [7, 11) is -1.37. The lowest BCUT2D eigenvalue weighted by Gasteiger charge is -2.40. The van der Waals surface area contributed by atoms with Crippen LogP contribution in [0.4, 0.5) is 0 Å². The zero-order chi connectivity index (χ0) is 14.6. The number of likely N-dealkylation sites (N-methyl/N-ethyl adjacent to an activating group) is 1. The lowest BCUT2D eigenvalue weighted by Crippen LogP contribution is -2.56. The maximum Gasteiger partial charge on any atom is 0.282 e. The Morgan fingerprint density at radius 1 is 1.00 bits per heavy atom. The Labute approximate surface area is 123 Å². The van der Waals surface area contributed by atoms with E-state index >= 15 is 0 Å². The van der Waals surface area contributed by atoms with Crippen LogP contribution in [0.25, 0.3) is 0 Å². The average Bonchev–Trinajstić information content (AvgIpc) is 2.76. The van der Waals surface area contributed by atoms with Crippen molar-refractivity contribution in [1.29, 1.82) is 0 Å². The van der Waals surface area contributed by atoms with Crippen LogP contribution >= 0.6 is 0 Å². The van der Waals surface area contributed by atoms with Crippen molar-refractivity contribution in [1.82, 2.24) is 13.9 Å². The van der Waals surface area contributed by atoms with Gasteiger partial charge >= 0.3 is 0 Å². The van der Waals surface area contributed by atoms with Crippen molar-refractivity contribution < 1.29 is 8.42 Å². The third-order valence-electron chi connectivity index (χ3n) is 4.72. The fourth-order valence-corrected chi connectivity index (χ4v) is 5.34. The highest BCUT2D eigenvalue weighted by atomic mass is 32.2. The van der Waals surface area contributed by atoms with Crippen molar-refractivity contribution in [2.75, 3.05) is 26.7 Å². The summed E-state index contributed by atoms with van der Waals surface area (Å²) in [6, 6.07) is 0.305. The van der Waals surface area contributed by atoms with Gasteiger partial charge in [-0.15, -0.1) is 0 Å². The molecular weight excluding hydrogens is 274 g/mol. The maximum atomic E-state index is 12.9. The van der Waals surface area contributed by atoms with Crippen LogP contribution in [0.15, 0.2) is 0 Å². The van der Waals surface area contributed by atoms with E-state index in [0.29, 0.717) is 19.6 Å². The predicted octanol–water partition coefficient (Wildman–Crippen LogP) is 1.57. The molecule has 0 radical (unpaired) electrons. The number of nitrogens with zero attached hydrogens (tertiary/aromatic N) is 2. The second kappa shape index (κ2) is 7.20. The van der Waals surface area contributed by atoms with Crippen molar-refractivity contribution in [3.05, 3.63) is 0 Å². The fraction of sp³-hybridized carbons (Fsp3) is 1.00. The molecule has 6 heteroatoms. The molecule has 2 saturated heterocycles. The zero-order valence-electron chi connectivity index (χ0n) is 12.8. The first-order valence-corrected chi connectivity index (χ1v) is 9.41. The van der Waals surface area contributed by atoms with Gasteiger partial charge in [0, 0.05) is 31.7 Å². The summed E-state index contributed by atoms with van der Waals surface area (Å²) in [6.07, 6.45) is 7.39. The molecule has 2 aliphatic rings. The molecule has 2 atom stereocenters. The molecule has 0 aromatic rings. The van der Waals surface area contributed by atoms with Crippen LogP contribution in [-0.2, 0) is 10.2 Å². The highest BCUT2D eigenvalue weighted by Crippen LogP contribution is 2.26. The molecule has 118 valence electrons. The van der Waals surface area contributed by atoms with Crippen LogP contribution in [0.3, 0.4) is 0 Å². The normalized spacial score (nSPS) is 29.0. The Hall–Kier alpha value is -0.170. The van der Waals surface area contributed by atoms with Crippen molar-refractivity contribution >= 4 is 10.2 Å². The molecule has 0 aromatic carbocycles. The molecule has 2 heterocycles. The van der Waals surface area contributed by atoms with Crippen LogP contribution in [0.1, 0.15) is 51.9 Å². The zero-order valence-corrected chi connectivity index (χ0v) is 13.7. The van der Waals surface area contributed by atoms with Gasteiger partial charge in [-0.05, 0) is 39.7 Å². The first kappa shape index (κ1) is 16.2. The Morgan fingerprint density at radius 2 is 1.60 bits per heavy atom. The second-order valence-electron chi connectivity index (χ2n) is 6.07. The van der Waals surface area contributed by atoms with Gasteiger partial charge in [-0.25, -0.2) is 0 Å². The number of hydrogen-bond donors (Lipinski definition) is 1. The third kappa shape index (κ3) is 3.53. The largest absolute Gasteiger partial charge is 0.316 e. The quantitative estimate of drug-likeness (QED) is 0.858. The van der Waals surface area contributed by atoms with Gasteiger partial charge in [0.15, 0.2) is 0 Å². The summed E-state index contributed by atoms with van der Waals surface area (Å²) >= 11 is 0. The molecule has 0 saturated carbocycles. The van der Waals surface area contributed by atoms with Crippen molar-refractivity contribution in [3.63, 3.8) is 0 Å². The molecular formula is C14H29N3O2S. The van der Waals surface area contributed by atoms with Gasteiger partial charge in [0.25, 0.3) is 10.2 Å². The van der Waals surface area contributed by atoms with E-state index in [2.05, 4.69) is 12.2 Å². The molecule has 2 rings (SSSR count). The molecule has 5 nitrogen and oxygen atoms in total. The van der Waals surface area contributed by atoms with Gasteiger partial charge < -0.3 is 5.32 Å². The second-order valence-corrected chi connectivity index (χ2v) is 7.95. The summed E-state index contributed by atoms with van der Waals surface area (Å²) < 4.78 is 29.4. The summed E-state index contributed by atoms with van der Waals surface area (Å²) in [4.78, 5) is 0. The first-order chi connectivity index (χ1) is 9.57. The molecule has 2 unspecified atom stereocenters. The SMILES string of the molecule is CNC(C)C1CCCCN1S(=O)(=O)N1CCCCCC1. The minimum Gasteiger partial charge on any atom is -0.316 e. The molecule has 0 bridgehead atoms. The highest BCUT2D eigenvalue weighted by Gasteiger charge is 2.38. The molecule has 1 N–H and O–H groups in total. The van der Waals surface area contributed by atoms with Gasteiger partial charge in [0.2, 0.25) is 0 Å². The summed E-state index contributed by atoms with van der Waals surface area (Å²) in [5.41, 5.74) is 0. The number of hydrogen-bond acceptors (Lipinski definition) is 3. The predicted molar refractivity (Wildman–Crippen MR) is 81.8 cm³/mol. The average molecular weight is 303 g/mol. The molecule has 0 amide bonds. The van der Waals surface area contributed by atoms with Gasteiger partial charge in [-0.1, -0.05) is 19.3 Å². The van der Waals surface area contributed by atoms with Crippen LogP contribution in [-0.4, -0.2) is 55.8 Å². The van der Waals surface area contributed by atoms with E-state index in [-0.39, 0.29) is 12.1 Å². The number of piperidine rings is 1. The van der Waals surface area contributed by atoms with E-state index in [1.54, 1.807) is 8.61 Å². The molecule has 20 heavy (non-hydrogen) atoms. The van der Waals surface area contributed by atoms with Crippen molar-refractivity contribution in [3.8, 4) is 0 Å². The van der Waals surface area contributed by atoms with Gasteiger partial charge in [-0.3, -0.25) is 0 Å². The van der Waals surface area contributed by atoms with Crippen LogP contribution in [0, 0.1) is 0 Å². The first-order valence-electron chi connectivity index (χ1n) is 8.01. The monoisotopic (exact) mass is 303 g/mol. The standard InChI is InChI=1S/C14H29N3O2S/c1-13(15-2)14-9-5-8-12-17(14)20(18,19)16-10-6-3-4-7-11-16/h13-15H,3-12H2,1-2H3. The summed E-state index contributed by atoms with van der Waals surface area (Å²) in [5, 5.41) is 3.23. The van der Waals surface area contributed by atoms with Crippen LogP contribution < -0.4 is 5.32 Å². The Balaban J connectivity index is 2.16. The lowest BCUT2D eigenvalue weighted by molar-refractivity contribution is 0.198. The van der Waals surface area contributed by atoms with E-state index in [1.165, 1.54) is 0 Å². The lowest BCUT2D eigenvalue weighted by atomic mass is 9.99. The Kier molecular flexibility index (Phi) is 5.84. The minimum atomic E-state index is -3.29. The van der Waals surface area contributed by atoms with Gasteiger partial charge in [0.1, 0.15) is 0 Å². The van der Waals surface area contributed by atoms with Crippen molar-refractivity contribution in [2.24, 2.45) is 0 Å². The summed E-state index contributed by atoms with van der Waals surface area (Å²) in [5.74, 6) is 0. The van der Waals surface area contributed by atoms with Crippen LogP contribution in [0.2, 0.25) is 0 Å². The maximum absolute atomic E-state index is 12.9. The topological polar surface area (TPSA) is 52.7 Å². The molecule has 0 spiro atoms. The van der Waals surface area contributed by atoms with E-state index in [1.807, 2.05) is 7.05 Å². The molecule has 2 aliphatic heterocycles. The van der Waals surface area contributed by atoms with E-state index in [4.69, 9.17) is 0 Å². The van der Waals surface area contributed by atoms with E-state index in [9.17, 15) is 8.42 Å². The number of rotatable bonds is 4. The minimum absolute atomic E-state index is 0.0991. The molecule has 2 fully saturated rings. The number of nitrogens with one attached hydrogen (secondary N) is 1. The Morgan fingerprint density at radius 3 is 2.20 bits per heavy atom. The fourth-order valence-electron chi connectivity index (χ4n) is 3.33.